The number of thiophene rings is 1. The van der Waals surface area contributed by atoms with E-state index in [0.717, 1.165) is 30.5 Å². The number of aliphatic imine (C=N–C) groups is 1. The van der Waals surface area contributed by atoms with E-state index >= 15 is 0 Å². The summed E-state index contributed by atoms with van der Waals surface area (Å²) >= 11 is 1.56. The van der Waals surface area contributed by atoms with Gasteiger partial charge in [0.2, 0.25) is 0 Å². The second-order valence-electron chi connectivity index (χ2n) is 9.42. The molecule has 3 aromatic rings. The fourth-order valence-electron chi connectivity index (χ4n) is 4.20. The number of anilines is 1. The number of nitro benzene ring substituents is 1. The predicted octanol–water partition coefficient (Wildman–Crippen LogP) is 6.81. The first-order valence-electron chi connectivity index (χ1n) is 11.0. The molecule has 0 bridgehead atoms. The van der Waals surface area contributed by atoms with Crippen molar-refractivity contribution in [2.45, 2.75) is 40.0 Å². The van der Waals surface area contributed by atoms with E-state index in [4.69, 9.17) is 0 Å². The summed E-state index contributed by atoms with van der Waals surface area (Å²) in [5, 5.41) is 14.7. The molecule has 0 spiro atoms. The molecule has 4 rings (SSSR count). The van der Waals surface area contributed by atoms with Gasteiger partial charge in [-0.25, -0.2) is 4.99 Å². The first kappa shape index (κ1) is 22.9. The van der Waals surface area contributed by atoms with Gasteiger partial charge in [-0.3, -0.25) is 14.9 Å². The molecule has 0 fully saturated rings. The number of fused-ring (bicyclic) bond motifs is 1. The number of nitrogens with one attached hydrogen (secondary N) is 1. The van der Waals surface area contributed by atoms with Crippen molar-refractivity contribution in [2.24, 2.45) is 16.3 Å². The number of amides is 1. The zero-order chi connectivity index (χ0) is 23.6. The normalized spacial score (nSPS) is 15.9. The third-order valence-electron chi connectivity index (χ3n) is 6.14. The van der Waals surface area contributed by atoms with E-state index in [9.17, 15) is 14.9 Å². The molecule has 0 saturated carbocycles. The number of hydrogen-bond acceptors (Lipinski definition) is 5. The summed E-state index contributed by atoms with van der Waals surface area (Å²) in [4.78, 5) is 29.9. The lowest BCUT2D eigenvalue weighted by atomic mass is 9.72. The van der Waals surface area contributed by atoms with Crippen molar-refractivity contribution in [3.8, 4) is 0 Å². The summed E-state index contributed by atoms with van der Waals surface area (Å²) in [6, 6.07) is 15.7. The molecule has 6 nitrogen and oxygen atoms in total. The lowest BCUT2D eigenvalue weighted by molar-refractivity contribution is -0.384. The van der Waals surface area contributed by atoms with Crippen LogP contribution < -0.4 is 5.32 Å². The number of benzene rings is 2. The molecule has 1 amide bonds. The van der Waals surface area contributed by atoms with E-state index in [1.807, 2.05) is 30.3 Å². The summed E-state index contributed by atoms with van der Waals surface area (Å²) in [6.45, 7) is 6.79. The Hall–Kier alpha value is -3.32. The van der Waals surface area contributed by atoms with Crippen LogP contribution in [0.1, 0.15) is 53.6 Å². The molecular weight excluding hydrogens is 434 g/mol. The molecule has 1 aliphatic carbocycles. The van der Waals surface area contributed by atoms with Gasteiger partial charge in [-0.05, 0) is 53.9 Å². The molecule has 170 valence electrons. The van der Waals surface area contributed by atoms with E-state index in [-0.39, 0.29) is 17.0 Å². The number of para-hydroxylation sites is 1. The van der Waals surface area contributed by atoms with Crippen LogP contribution in [0.15, 0.2) is 59.6 Å². The Balaban J connectivity index is 1.71. The number of nitro groups is 1. The third kappa shape index (κ3) is 5.20. The average molecular weight is 462 g/mol. The Morgan fingerprint density at radius 2 is 1.94 bits per heavy atom. The highest BCUT2D eigenvalue weighted by atomic mass is 32.1. The second-order valence-corrected chi connectivity index (χ2v) is 10.5. The fraction of sp³-hybridized carbons (Fsp3) is 0.308. The quantitative estimate of drug-likeness (QED) is 0.257. The Kier molecular flexibility index (Phi) is 6.42. The van der Waals surface area contributed by atoms with Crippen molar-refractivity contribution < 1.29 is 9.72 Å². The van der Waals surface area contributed by atoms with Crippen LogP contribution in [-0.4, -0.2) is 17.0 Å². The van der Waals surface area contributed by atoms with Crippen LogP contribution >= 0.6 is 11.3 Å². The van der Waals surface area contributed by atoms with E-state index in [0.29, 0.717) is 22.0 Å². The molecule has 0 saturated heterocycles. The van der Waals surface area contributed by atoms with Crippen LogP contribution in [0.3, 0.4) is 0 Å². The lowest BCUT2D eigenvalue weighted by Crippen LogP contribution is -2.27. The van der Waals surface area contributed by atoms with Crippen LogP contribution in [0.25, 0.3) is 0 Å². The van der Waals surface area contributed by atoms with Crippen LogP contribution in [0.2, 0.25) is 0 Å². The maximum atomic E-state index is 13.3. The summed E-state index contributed by atoms with van der Waals surface area (Å²) in [6.07, 6.45) is 4.41. The highest BCUT2D eigenvalue weighted by molar-refractivity contribution is 7.16. The minimum absolute atomic E-state index is 0.0134. The Labute approximate surface area is 197 Å². The lowest BCUT2D eigenvalue weighted by Gasteiger charge is -2.33. The van der Waals surface area contributed by atoms with E-state index in [1.165, 1.54) is 17.0 Å². The van der Waals surface area contributed by atoms with Gasteiger partial charge in [-0.2, -0.15) is 0 Å². The molecular formula is C26H27N3O3S. The molecule has 0 unspecified atom stereocenters. The zero-order valence-electron chi connectivity index (χ0n) is 19.0. The highest BCUT2D eigenvalue weighted by Crippen LogP contribution is 2.45. The molecule has 0 radical (unpaired) electrons. The molecule has 7 heteroatoms. The van der Waals surface area contributed by atoms with E-state index < -0.39 is 4.92 Å². The minimum atomic E-state index is -0.424. The van der Waals surface area contributed by atoms with E-state index in [2.05, 4.69) is 31.1 Å². The number of hydrogen-bond donors (Lipinski definition) is 1. The number of nitrogens with zero attached hydrogens (tertiary/aromatic N) is 2. The fourth-order valence-corrected chi connectivity index (χ4v) is 5.47. The van der Waals surface area contributed by atoms with Gasteiger partial charge in [0.05, 0.1) is 10.5 Å². The molecule has 1 aliphatic rings. The van der Waals surface area contributed by atoms with Gasteiger partial charge in [0, 0.05) is 28.9 Å². The SMILES string of the molecule is CC(C)(C)[C@H]1CCc2c(sc(N=Cc3cccc([N+](=O)[O-])c3)c2C(=O)Nc2ccccc2)C1. The minimum Gasteiger partial charge on any atom is -0.322 e. The monoisotopic (exact) mass is 461 g/mol. The van der Waals surface area contributed by atoms with Crippen LogP contribution in [0.4, 0.5) is 16.4 Å². The molecule has 1 aromatic heterocycles. The summed E-state index contributed by atoms with van der Waals surface area (Å²) < 4.78 is 0. The van der Waals surface area contributed by atoms with Crippen molar-refractivity contribution in [1.29, 1.82) is 0 Å². The van der Waals surface area contributed by atoms with Crippen molar-refractivity contribution in [3.63, 3.8) is 0 Å². The van der Waals surface area contributed by atoms with Crippen molar-refractivity contribution >= 4 is 39.8 Å². The van der Waals surface area contributed by atoms with Gasteiger partial charge >= 0.3 is 0 Å². The van der Waals surface area contributed by atoms with Gasteiger partial charge in [-0.15, -0.1) is 11.3 Å². The maximum Gasteiger partial charge on any atom is 0.270 e. The van der Waals surface area contributed by atoms with Crippen LogP contribution in [-0.2, 0) is 12.8 Å². The van der Waals surface area contributed by atoms with Crippen LogP contribution in [0, 0.1) is 21.4 Å². The van der Waals surface area contributed by atoms with Gasteiger partial charge in [0.1, 0.15) is 5.00 Å². The van der Waals surface area contributed by atoms with Crippen molar-refractivity contribution in [1.82, 2.24) is 0 Å². The highest BCUT2D eigenvalue weighted by Gasteiger charge is 2.33. The second kappa shape index (κ2) is 9.27. The molecule has 1 heterocycles. The summed E-state index contributed by atoms with van der Waals surface area (Å²) in [7, 11) is 0. The first-order valence-corrected chi connectivity index (χ1v) is 11.8. The van der Waals surface area contributed by atoms with Crippen LogP contribution in [0.5, 0.6) is 0 Å². The molecule has 33 heavy (non-hydrogen) atoms. The summed E-state index contributed by atoms with van der Waals surface area (Å²) in [5.74, 6) is 0.376. The van der Waals surface area contributed by atoms with Crippen molar-refractivity contribution in [3.05, 3.63) is 86.3 Å². The molecule has 1 N–H and O–H groups in total. The average Bonchev–Trinajstić information content (AvgIpc) is 3.15. The van der Waals surface area contributed by atoms with E-state index in [1.54, 1.807) is 29.7 Å². The number of carbonyl (C=O) groups is 1. The van der Waals surface area contributed by atoms with Crippen molar-refractivity contribution in [2.75, 3.05) is 5.32 Å². The Morgan fingerprint density at radius 3 is 2.64 bits per heavy atom. The maximum absolute atomic E-state index is 13.3. The topological polar surface area (TPSA) is 84.6 Å². The van der Waals surface area contributed by atoms with Gasteiger partial charge in [0.25, 0.3) is 11.6 Å². The molecule has 1 atom stereocenters. The van der Waals surface area contributed by atoms with Gasteiger partial charge in [0.15, 0.2) is 0 Å². The number of non-ortho nitro benzene ring substituents is 1. The standard InChI is InChI=1S/C26H27N3O3S/c1-26(2,3)18-12-13-21-22(15-18)33-25(23(21)24(30)28-19-9-5-4-6-10-19)27-16-17-8-7-11-20(14-17)29(31)32/h4-11,14,16,18H,12-13,15H2,1-3H3,(H,28,30)/t18-/m0/s1. The Morgan fingerprint density at radius 1 is 1.18 bits per heavy atom. The van der Waals surface area contributed by atoms with Gasteiger partial charge < -0.3 is 5.32 Å². The molecule has 2 aromatic carbocycles. The molecule has 0 aliphatic heterocycles. The number of carbonyl (C=O) groups excluding carboxylic acids is 1. The first-order chi connectivity index (χ1) is 15.7. The zero-order valence-corrected chi connectivity index (χ0v) is 19.8. The number of rotatable bonds is 5. The Bertz CT molecular complexity index is 1210. The largest absolute Gasteiger partial charge is 0.322 e. The summed E-state index contributed by atoms with van der Waals surface area (Å²) in [5.41, 5.74) is 3.27. The predicted molar refractivity (Wildman–Crippen MR) is 134 cm³/mol. The van der Waals surface area contributed by atoms with Gasteiger partial charge in [-0.1, -0.05) is 51.1 Å². The smallest absolute Gasteiger partial charge is 0.270 e. The third-order valence-corrected chi connectivity index (χ3v) is 7.30.